The molecule has 1 aromatic carbocycles. The highest BCUT2D eigenvalue weighted by Gasteiger charge is 2.34. The van der Waals surface area contributed by atoms with E-state index in [0.29, 0.717) is 12.6 Å². The highest BCUT2D eigenvalue weighted by atomic mass is 19.1. The number of likely N-dealkylation sites (tertiary alicyclic amines) is 1. The molecule has 5 nitrogen and oxygen atoms in total. The van der Waals surface area contributed by atoms with Gasteiger partial charge in [0.25, 0.3) is 0 Å². The molecular weight excluding hydrogens is 294 g/mol. The molecule has 2 N–H and O–H groups in total. The average molecular weight is 312 g/mol. The molecule has 7 heteroatoms. The fourth-order valence-electron chi connectivity index (χ4n) is 2.46. The summed E-state index contributed by atoms with van der Waals surface area (Å²) in [5, 5.41) is 12.8. The first-order chi connectivity index (χ1) is 10.2. The lowest BCUT2D eigenvalue weighted by molar-refractivity contribution is -0.128. The van der Waals surface area contributed by atoms with Crippen LogP contribution in [0.15, 0.2) is 18.2 Å². The first-order valence-corrected chi connectivity index (χ1v) is 6.90. The van der Waals surface area contributed by atoms with E-state index >= 15 is 0 Å². The molecule has 0 radical (unpaired) electrons. The summed E-state index contributed by atoms with van der Waals surface area (Å²) in [4.78, 5) is 24.9. The molecule has 0 aromatic heterocycles. The van der Waals surface area contributed by atoms with Gasteiger partial charge in [-0.15, -0.1) is 0 Å². The number of carbonyl (C=O) groups is 2. The van der Waals surface area contributed by atoms with Crippen molar-refractivity contribution in [3.05, 3.63) is 35.4 Å². The topological polar surface area (TPSA) is 69.6 Å². The minimum absolute atomic E-state index is 0.103. The Morgan fingerprint density at radius 1 is 1.50 bits per heavy atom. The standard InChI is InChI=1S/C15H18F2N2O3/c1-15(22,11-4-3-10(16)6-12(11)17)8-18-14(21)9-5-13(20)19(2)7-9/h3-4,6,9,22H,5,7-8H2,1-2H3,(H,18,21). The molecule has 2 unspecified atom stereocenters. The number of nitrogens with zero attached hydrogens (tertiary/aromatic N) is 1. The van der Waals surface area contributed by atoms with Gasteiger partial charge in [-0.3, -0.25) is 9.59 Å². The molecule has 2 atom stereocenters. The predicted octanol–water partition coefficient (Wildman–Crippen LogP) is 0.767. The van der Waals surface area contributed by atoms with E-state index in [1.165, 1.54) is 11.8 Å². The quantitative estimate of drug-likeness (QED) is 0.863. The number of hydrogen-bond donors (Lipinski definition) is 2. The van der Waals surface area contributed by atoms with Crippen molar-refractivity contribution >= 4 is 11.8 Å². The second-order valence-electron chi connectivity index (χ2n) is 5.79. The SMILES string of the molecule is CN1CC(C(=O)NCC(C)(O)c2ccc(F)cc2F)CC1=O. The molecule has 0 spiro atoms. The Morgan fingerprint density at radius 3 is 2.73 bits per heavy atom. The maximum absolute atomic E-state index is 13.7. The minimum Gasteiger partial charge on any atom is -0.383 e. The summed E-state index contributed by atoms with van der Waals surface area (Å²) in [6, 6.07) is 2.86. The maximum Gasteiger partial charge on any atom is 0.225 e. The Hall–Kier alpha value is -2.02. The predicted molar refractivity (Wildman–Crippen MR) is 74.7 cm³/mol. The zero-order chi connectivity index (χ0) is 16.5. The third-order valence-electron chi connectivity index (χ3n) is 3.83. The Bertz CT molecular complexity index is 604. The zero-order valence-corrected chi connectivity index (χ0v) is 12.4. The van der Waals surface area contributed by atoms with Crippen LogP contribution in [0.3, 0.4) is 0 Å². The number of aliphatic hydroxyl groups is 1. The highest BCUT2D eigenvalue weighted by molar-refractivity contribution is 5.89. The van der Waals surface area contributed by atoms with E-state index in [1.807, 2.05) is 0 Å². The molecule has 2 amide bonds. The van der Waals surface area contributed by atoms with Crippen molar-refractivity contribution in [2.75, 3.05) is 20.1 Å². The van der Waals surface area contributed by atoms with Crippen LogP contribution in [0.4, 0.5) is 8.78 Å². The van der Waals surface area contributed by atoms with Gasteiger partial charge in [-0.05, 0) is 13.0 Å². The van der Waals surface area contributed by atoms with Crippen LogP contribution < -0.4 is 5.32 Å². The molecule has 0 bridgehead atoms. The van der Waals surface area contributed by atoms with Crippen LogP contribution in [0.1, 0.15) is 18.9 Å². The zero-order valence-electron chi connectivity index (χ0n) is 12.4. The van der Waals surface area contributed by atoms with E-state index in [9.17, 15) is 23.5 Å². The van der Waals surface area contributed by atoms with Crippen LogP contribution in [-0.4, -0.2) is 42.0 Å². The van der Waals surface area contributed by atoms with Gasteiger partial charge in [-0.2, -0.15) is 0 Å². The van der Waals surface area contributed by atoms with E-state index in [1.54, 1.807) is 7.05 Å². The Labute approximate surface area is 126 Å². The largest absolute Gasteiger partial charge is 0.383 e. The minimum atomic E-state index is -1.68. The number of hydrogen-bond acceptors (Lipinski definition) is 3. The summed E-state index contributed by atoms with van der Waals surface area (Å²) < 4.78 is 26.6. The normalized spacial score (nSPS) is 20.9. The lowest BCUT2D eigenvalue weighted by Crippen LogP contribution is -2.42. The van der Waals surface area contributed by atoms with Gasteiger partial charge in [0.05, 0.1) is 12.5 Å². The molecule has 1 fully saturated rings. The lowest BCUT2D eigenvalue weighted by atomic mass is 9.95. The molecule has 120 valence electrons. The van der Waals surface area contributed by atoms with Crippen LogP contribution in [0.2, 0.25) is 0 Å². The number of rotatable bonds is 4. The Morgan fingerprint density at radius 2 is 2.18 bits per heavy atom. The Balaban J connectivity index is 2.00. The van der Waals surface area contributed by atoms with Crippen molar-refractivity contribution in [3.8, 4) is 0 Å². The lowest BCUT2D eigenvalue weighted by Gasteiger charge is -2.25. The van der Waals surface area contributed by atoms with Gasteiger partial charge in [-0.1, -0.05) is 6.07 Å². The number of nitrogens with one attached hydrogen (secondary N) is 1. The number of carbonyl (C=O) groups excluding carboxylic acids is 2. The van der Waals surface area contributed by atoms with Crippen molar-refractivity contribution in [2.24, 2.45) is 5.92 Å². The first-order valence-electron chi connectivity index (χ1n) is 6.90. The van der Waals surface area contributed by atoms with Crippen LogP contribution >= 0.6 is 0 Å². The van der Waals surface area contributed by atoms with Crippen LogP contribution in [-0.2, 0) is 15.2 Å². The van der Waals surface area contributed by atoms with Crippen LogP contribution in [0.5, 0.6) is 0 Å². The van der Waals surface area contributed by atoms with Crippen molar-refractivity contribution in [3.63, 3.8) is 0 Å². The number of amides is 2. The highest BCUT2D eigenvalue weighted by Crippen LogP contribution is 2.24. The van der Waals surface area contributed by atoms with Gasteiger partial charge in [0.15, 0.2) is 0 Å². The van der Waals surface area contributed by atoms with Crippen molar-refractivity contribution in [2.45, 2.75) is 18.9 Å². The Kier molecular flexibility index (Phi) is 4.46. The summed E-state index contributed by atoms with van der Waals surface area (Å²) in [7, 11) is 1.61. The van der Waals surface area contributed by atoms with Crippen molar-refractivity contribution in [1.82, 2.24) is 10.2 Å². The first kappa shape index (κ1) is 16.4. The van der Waals surface area contributed by atoms with Gasteiger partial charge >= 0.3 is 0 Å². The summed E-state index contributed by atoms with van der Waals surface area (Å²) in [6.07, 6.45) is 0.120. The van der Waals surface area contributed by atoms with Gasteiger partial charge in [0, 0.05) is 31.6 Å². The van der Waals surface area contributed by atoms with E-state index in [2.05, 4.69) is 5.32 Å². The smallest absolute Gasteiger partial charge is 0.225 e. The van der Waals surface area contributed by atoms with Gasteiger partial charge in [0.2, 0.25) is 11.8 Å². The van der Waals surface area contributed by atoms with Crippen LogP contribution in [0.25, 0.3) is 0 Å². The number of benzene rings is 1. The summed E-state index contributed by atoms with van der Waals surface area (Å²) in [6.45, 7) is 1.41. The molecule has 2 rings (SSSR count). The van der Waals surface area contributed by atoms with Gasteiger partial charge < -0.3 is 15.3 Å². The summed E-state index contributed by atoms with van der Waals surface area (Å²) in [5.41, 5.74) is -1.78. The van der Waals surface area contributed by atoms with E-state index in [4.69, 9.17) is 0 Å². The molecular formula is C15H18F2N2O3. The van der Waals surface area contributed by atoms with E-state index in [-0.39, 0.29) is 30.3 Å². The fraction of sp³-hybridized carbons (Fsp3) is 0.467. The molecule has 1 heterocycles. The third kappa shape index (κ3) is 3.41. The molecule has 0 aliphatic carbocycles. The molecule has 1 aromatic rings. The van der Waals surface area contributed by atoms with Gasteiger partial charge in [0.1, 0.15) is 17.2 Å². The molecule has 1 saturated heterocycles. The molecule has 0 saturated carbocycles. The maximum atomic E-state index is 13.7. The van der Waals surface area contributed by atoms with Crippen molar-refractivity contribution in [1.29, 1.82) is 0 Å². The van der Waals surface area contributed by atoms with Crippen molar-refractivity contribution < 1.29 is 23.5 Å². The molecule has 22 heavy (non-hydrogen) atoms. The van der Waals surface area contributed by atoms with Gasteiger partial charge in [-0.25, -0.2) is 8.78 Å². The number of halogens is 2. The second-order valence-corrected chi connectivity index (χ2v) is 5.79. The third-order valence-corrected chi connectivity index (χ3v) is 3.83. The van der Waals surface area contributed by atoms with E-state index in [0.717, 1.165) is 12.1 Å². The molecule has 1 aliphatic rings. The summed E-state index contributed by atoms with van der Waals surface area (Å²) in [5.74, 6) is -2.59. The summed E-state index contributed by atoms with van der Waals surface area (Å²) >= 11 is 0. The average Bonchev–Trinajstić information content (AvgIpc) is 2.76. The van der Waals surface area contributed by atoms with Crippen LogP contribution in [0, 0.1) is 17.6 Å². The monoisotopic (exact) mass is 312 g/mol. The van der Waals surface area contributed by atoms with E-state index < -0.39 is 23.2 Å². The second kappa shape index (κ2) is 6.00. The molecule has 1 aliphatic heterocycles. The fourth-order valence-corrected chi connectivity index (χ4v) is 2.46.